The number of fused-ring (bicyclic) bond motifs is 2. The number of hydrogen-bond acceptors (Lipinski definition) is 4. The summed E-state index contributed by atoms with van der Waals surface area (Å²) in [5.41, 5.74) is 6.12. The Labute approximate surface area is 235 Å². The molecular formula is C22H31I3N2O2S. The maximum absolute atomic E-state index is 5.31. The van der Waals surface area contributed by atoms with E-state index in [4.69, 9.17) is 14.5 Å². The third kappa shape index (κ3) is 7.19. The first-order valence-electron chi connectivity index (χ1n) is 9.63. The van der Waals surface area contributed by atoms with E-state index in [0.717, 1.165) is 37.0 Å². The van der Waals surface area contributed by atoms with E-state index >= 15 is 0 Å². The lowest BCUT2D eigenvalue weighted by Gasteiger charge is -2.24. The summed E-state index contributed by atoms with van der Waals surface area (Å²) < 4.78 is 13.1. The molecule has 1 aromatic heterocycles. The molecule has 0 amide bonds. The second kappa shape index (κ2) is 15.3. The Kier molecular flexibility index (Phi) is 15.4. The summed E-state index contributed by atoms with van der Waals surface area (Å²) in [7, 11) is 3.49. The average molecular weight is 768 g/mol. The highest BCUT2D eigenvalue weighted by atomic mass is 127. The molecule has 1 heterocycles. The van der Waals surface area contributed by atoms with Gasteiger partial charge in [0.1, 0.15) is 11.0 Å². The van der Waals surface area contributed by atoms with E-state index in [9.17, 15) is 0 Å². The smallest absolute Gasteiger partial charge is 0.259 e. The van der Waals surface area contributed by atoms with Gasteiger partial charge in [-0.1, -0.05) is 26.0 Å². The topological polar surface area (TPSA) is 34.6 Å². The Morgan fingerprint density at radius 2 is 1.47 bits per heavy atom. The number of para-hydroxylation sites is 1. The number of hydrogen-bond donors (Lipinski definition) is 0. The third-order valence-corrected chi connectivity index (χ3v) is 6.00. The number of aryl methyl sites for hydroxylation is 2. The van der Waals surface area contributed by atoms with Crippen LogP contribution in [-0.4, -0.2) is 45.5 Å². The van der Waals surface area contributed by atoms with Crippen molar-refractivity contribution in [3.05, 3.63) is 41.5 Å². The van der Waals surface area contributed by atoms with Crippen molar-refractivity contribution in [1.29, 1.82) is 0 Å². The van der Waals surface area contributed by atoms with Gasteiger partial charge in [-0.15, -0.1) is 48.0 Å². The van der Waals surface area contributed by atoms with Gasteiger partial charge in [0.15, 0.2) is 0 Å². The van der Waals surface area contributed by atoms with Crippen LogP contribution in [0.1, 0.15) is 25.0 Å². The van der Waals surface area contributed by atoms with Crippen LogP contribution in [0, 0.1) is 0 Å². The summed E-state index contributed by atoms with van der Waals surface area (Å²) in [4.78, 5) is 7.42. The minimum atomic E-state index is 0. The highest BCUT2D eigenvalue weighted by Crippen LogP contribution is 2.33. The Morgan fingerprint density at radius 1 is 0.867 bits per heavy atom. The minimum absolute atomic E-state index is 0. The van der Waals surface area contributed by atoms with Gasteiger partial charge >= 0.3 is 0 Å². The summed E-state index contributed by atoms with van der Waals surface area (Å²) >= 11 is 1.84. The number of halogens is 3. The molecule has 168 valence electrons. The normalized spacial score (nSPS) is 10.3. The molecule has 0 unspecified atom stereocenters. The van der Waals surface area contributed by atoms with E-state index in [-0.39, 0.29) is 71.9 Å². The van der Waals surface area contributed by atoms with E-state index < -0.39 is 0 Å². The molecule has 8 heteroatoms. The lowest BCUT2D eigenvalue weighted by Crippen LogP contribution is -3.00. The third-order valence-electron chi connectivity index (χ3n) is 4.92. The minimum Gasteiger partial charge on any atom is -1.00 e. The van der Waals surface area contributed by atoms with E-state index in [2.05, 4.69) is 49.1 Å². The summed E-state index contributed by atoms with van der Waals surface area (Å²) in [5, 5.41) is 0. The zero-order chi connectivity index (χ0) is 19.2. The molecule has 3 rings (SSSR count). The molecule has 0 radical (unpaired) electrons. The summed E-state index contributed by atoms with van der Waals surface area (Å²) in [6.07, 6.45) is 1.97. The first-order chi connectivity index (χ1) is 13.2. The van der Waals surface area contributed by atoms with Crippen LogP contribution in [0.2, 0.25) is 0 Å². The fourth-order valence-corrected chi connectivity index (χ4v) is 4.48. The van der Waals surface area contributed by atoms with Crippen LogP contribution in [0.5, 0.6) is 0 Å². The number of nitrogens with zero attached hydrogens (tertiary/aromatic N) is 2. The van der Waals surface area contributed by atoms with Crippen molar-refractivity contribution < 1.29 is 33.5 Å². The van der Waals surface area contributed by atoms with Crippen molar-refractivity contribution in [3.63, 3.8) is 0 Å². The fourth-order valence-electron chi connectivity index (χ4n) is 3.37. The molecule has 0 aliphatic carbocycles. The SMILES string of the molecule is CCc1cccc2[s+]c3cc(N(CCOC)CCOC)cc(CC)c3nc12.I.I.[I-]. The van der Waals surface area contributed by atoms with Gasteiger partial charge in [0.2, 0.25) is 11.3 Å². The predicted octanol–water partition coefficient (Wildman–Crippen LogP) is 3.19. The van der Waals surface area contributed by atoms with Gasteiger partial charge in [-0.2, -0.15) is 0 Å². The monoisotopic (exact) mass is 768 g/mol. The fraction of sp³-hybridized carbons (Fsp3) is 0.455. The van der Waals surface area contributed by atoms with Crippen molar-refractivity contribution in [2.24, 2.45) is 0 Å². The average Bonchev–Trinajstić information content (AvgIpc) is 2.71. The van der Waals surface area contributed by atoms with Gasteiger partial charge in [-0.25, -0.2) is 4.98 Å². The Morgan fingerprint density at radius 3 is 2.03 bits per heavy atom. The van der Waals surface area contributed by atoms with E-state index in [1.165, 1.54) is 26.2 Å². The summed E-state index contributed by atoms with van der Waals surface area (Å²) in [5.74, 6) is 0. The Bertz CT molecular complexity index is 920. The van der Waals surface area contributed by atoms with E-state index in [0.29, 0.717) is 13.2 Å². The molecule has 0 aliphatic rings. The maximum Gasteiger partial charge on any atom is 0.259 e. The van der Waals surface area contributed by atoms with Gasteiger partial charge < -0.3 is 38.4 Å². The van der Waals surface area contributed by atoms with Crippen LogP contribution >= 0.6 is 59.3 Å². The molecule has 0 aliphatic heterocycles. The van der Waals surface area contributed by atoms with Gasteiger partial charge in [0.25, 0.3) is 9.40 Å². The molecule has 2 aromatic carbocycles. The quantitative estimate of drug-likeness (QED) is 0.191. The molecule has 0 bridgehead atoms. The number of methoxy groups -OCH3 is 2. The van der Waals surface area contributed by atoms with Crippen molar-refractivity contribution in [2.75, 3.05) is 45.4 Å². The van der Waals surface area contributed by atoms with Crippen molar-refractivity contribution in [3.8, 4) is 0 Å². The van der Waals surface area contributed by atoms with Crippen LogP contribution < -0.4 is 28.9 Å². The van der Waals surface area contributed by atoms with Crippen molar-refractivity contribution in [2.45, 2.75) is 26.7 Å². The zero-order valence-corrected chi connectivity index (χ0v) is 25.6. The van der Waals surface area contributed by atoms with Crippen molar-refractivity contribution in [1.82, 2.24) is 4.98 Å². The molecule has 0 atom stereocenters. The summed E-state index contributed by atoms with van der Waals surface area (Å²) in [6, 6.07) is 11.1. The predicted molar refractivity (Wildman–Crippen MR) is 147 cm³/mol. The van der Waals surface area contributed by atoms with Gasteiger partial charge in [0.05, 0.1) is 13.2 Å². The standard InChI is InChI=1S/C22H29N2O2S.3HI/c1-5-16-8-7-9-19-21(16)23-22-17(6-2)14-18(15-20(22)27-19)24(10-12-25-3)11-13-26-4;;;/h7-9,14-15H,5-6,10-13H2,1-4H3;3*1H/q+1;;;/p-1. The largest absolute Gasteiger partial charge is 1.00 e. The Hall–Kier alpha value is 0.370. The number of anilines is 1. The highest BCUT2D eigenvalue weighted by Gasteiger charge is 2.19. The number of aromatic nitrogens is 1. The number of ether oxygens (including phenoxy) is 2. The van der Waals surface area contributed by atoms with E-state index in [1.54, 1.807) is 14.2 Å². The van der Waals surface area contributed by atoms with E-state index in [1.807, 2.05) is 11.3 Å². The first kappa shape index (κ1) is 30.4. The molecule has 0 saturated heterocycles. The van der Waals surface area contributed by atoms with Gasteiger partial charge in [0, 0.05) is 45.1 Å². The van der Waals surface area contributed by atoms with Gasteiger partial charge in [-0.3, -0.25) is 0 Å². The summed E-state index contributed by atoms with van der Waals surface area (Å²) in [6.45, 7) is 7.49. The molecule has 4 nitrogen and oxygen atoms in total. The van der Waals surface area contributed by atoms with Crippen LogP contribution in [0.25, 0.3) is 20.4 Å². The number of benzene rings is 2. The molecule has 0 fully saturated rings. The zero-order valence-electron chi connectivity index (χ0n) is 17.9. The lowest BCUT2D eigenvalue weighted by molar-refractivity contribution is -0.00000638. The van der Waals surface area contributed by atoms with Crippen LogP contribution in [0.15, 0.2) is 30.3 Å². The second-order valence-corrected chi connectivity index (χ2v) is 7.69. The van der Waals surface area contributed by atoms with Crippen LogP contribution in [0.4, 0.5) is 5.69 Å². The molecular weight excluding hydrogens is 737 g/mol. The molecule has 30 heavy (non-hydrogen) atoms. The molecule has 0 spiro atoms. The van der Waals surface area contributed by atoms with Crippen molar-refractivity contribution >= 4 is 85.4 Å². The first-order valence-corrected chi connectivity index (χ1v) is 10.4. The Balaban J connectivity index is 0.00000280. The lowest BCUT2D eigenvalue weighted by atomic mass is 10.1. The second-order valence-electron chi connectivity index (χ2n) is 6.61. The number of rotatable bonds is 9. The molecule has 0 saturated carbocycles. The molecule has 3 aromatic rings. The molecule has 0 N–H and O–H groups in total. The van der Waals surface area contributed by atoms with Gasteiger partial charge in [-0.05, 0) is 30.0 Å². The van der Waals surface area contributed by atoms with Crippen LogP contribution in [-0.2, 0) is 22.3 Å². The highest BCUT2D eigenvalue weighted by molar-refractivity contribution is 14.0. The van der Waals surface area contributed by atoms with Crippen LogP contribution in [0.3, 0.4) is 0 Å². The maximum atomic E-state index is 5.31.